The summed E-state index contributed by atoms with van der Waals surface area (Å²) < 4.78 is 0. The highest BCUT2D eigenvalue weighted by Gasteiger charge is 2.31. The summed E-state index contributed by atoms with van der Waals surface area (Å²) in [6.45, 7) is 10.0. The normalized spacial score (nSPS) is 19.6. The van der Waals surface area contributed by atoms with Crippen LogP contribution in [0.4, 0.5) is 0 Å². The number of terminal acetylenes is 1. The zero-order valence-corrected chi connectivity index (χ0v) is 10.9. The van der Waals surface area contributed by atoms with Gasteiger partial charge in [-0.15, -0.1) is 6.42 Å². The molecule has 0 atom stereocenters. The second-order valence-electron chi connectivity index (χ2n) is 5.02. The van der Waals surface area contributed by atoms with E-state index in [0.717, 1.165) is 13.1 Å². The lowest BCUT2D eigenvalue weighted by Gasteiger charge is -2.40. The van der Waals surface area contributed by atoms with E-state index in [0.29, 0.717) is 5.41 Å². The van der Waals surface area contributed by atoms with Gasteiger partial charge in [-0.25, -0.2) is 0 Å². The van der Waals surface area contributed by atoms with Crippen LogP contribution in [0, 0.1) is 17.8 Å². The Bertz CT molecular complexity index is 223. The van der Waals surface area contributed by atoms with Gasteiger partial charge in [0.2, 0.25) is 0 Å². The third-order valence-electron chi connectivity index (χ3n) is 3.83. The molecule has 0 aliphatic carbocycles. The molecule has 1 saturated heterocycles. The van der Waals surface area contributed by atoms with Crippen LogP contribution in [0.2, 0.25) is 0 Å². The third kappa shape index (κ3) is 3.81. The molecule has 0 unspecified atom stereocenters. The van der Waals surface area contributed by atoms with E-state index in [1.165, 1.54) is 45.3 Å². The van der Waals surface area contributed by atoms with E-state index in [1.54, 1.807) is 0 Å². The number of nitrogens with one attached hydrogen (secondary N) is 1. The van der Waals surface area contributed by atoms with Crippen LogP contribution in [0.25, 0.3) is 0 Å². The summed E-state index contributed by atoms with van der Waals surface area (Å²) in [5, 5.41) is 3.45. The quantitative estimate of drug-likeness (QED) is 0.693. The van der Waals surface area contributed by atoms with Crippen LogP contribution in [0.3, 0.4) is 0 Å². The van der Waals surface area contributed by atoms with Crippen molar-refractivity contribution in [1.82, 2.24) is 10.2 Å². The number of hydrogen-bond donors (Lipinski definition) is 1. The number of piperidine rings is 1. The first-order valence-electron chi connectivity index (χ1n) is 6.63. The molecule has 1 aliphatic heterocycles. The molecule has 1 heterocycles. The van der Waals surface area contributed by atoms with E-state index in [2.05, 4.69) is 30.0 Å². The minimum Gasteiger partial charge on any atom is -0.317 e. The fraction of sp³-hybridized carbons (Fsp3) is 0.857. The average Bonchev–Trinajstić information content (AvgIpc) is 2.31. The summed E-state index contributed by atoms with van der Waals surface area (Å²) in [7, 11) is 0. The van der Waals surface area contributed by atoms with E-state index in [1.807, 2.05) is 0 Å². The molecule has 0 radical (unpaired) electrons. The average molecular weight is 222 g/mol. The highest BCUT2D eigenvalue weighted by molar-refractivity contribution is 4.92. The first-order chi connectivity index (χ1) is 7.76. The largest absolute Gasteiger partial charge is 0.317 e. The Morgan fingerprint density at radius 1 is 1.31 bits per heavy atom. The number of rotatable bonds is 6. The van der Waals surface area contributed by atoms with Gasteiger partial charge in [-0.1, -0.05) is 19.8 Å². The van der Waals surface area contributed by atoms with Gasteiger partial charge >= 0.3 is 0 Å². The van der Waals surface area contributed by atoms with Crippen LogP contribution in [0.5, 0.6) is 0 Å². The maximum atomic E-state index is 5.45. The predicted octanol–water partition coefficient (Wildman–Crippen LogP) is 2.11. The Labute approximate surface area is 101 Å². The standard InChI is InChI=1S/C14H26N2/c1-4-11-16(12-5-2)13-14(6-3)7-9-15-10-8-14/h1,15H,5-13H2,2-3H3. The van der Waals surface area contributed by atoms with Gasteiger partial charge in [-0.3, -0.25) is 4.90 Å². The summed E-state index contributed by atoms with van der Waals surface area (Å²) in [5.74, 6) is 2.79. The Balaban J connectivity index is 2.54. The van der Waals surface area contributed by atoms with Crippen LogP contribution in [-0.2, 0) is 0 Å². The molecule has 1 N–H and O–H groups in total. The van der Waals surface area contributed by atoms with Gasteiger partial charge in [0.25, 0.3) is 0 Å². The minimum atomic E-state index is 0.511. The maximum Gasteiger partial charge on any atom is 0.0599 e. The molecule has 0 aromatic carbocycles. The fourth-order valence-electron chi connectivity index (χ4n) is 2.71. The molecule has 0 amide bonds. The van der Waals surface area contributed by atoms with Crippen molar-refractivity contribution in [2.45, 2.75) is 39.5 Å². The van der Waals surface area contributed by atoms with Gasteiger partial charge in [0.15, 0.2) is 0 Å². The Morgan fingerprint density at radius 2 is 2.00 bits per heavy atom. The van der Waals surface area contributed by atoms with Gasteiger partial charge in [0, 0.05) is 6.54 Å². The Kier molecular flexibility index (Phi) is 5.87. The highest BCUT2D eigenvalue weighted by Crippen LogP contribution is 2.33. The molecular weight excluding hydrogens is 196 g/mol. The lowest BCUT2D eigenvalue weighted by atomic mass is 9.76. The fourth-order valence-corrected chi connectivity index (χ4v) is 2.71. The zero-order valence-electron chi connectivity index (χ0n) is 10.9. The van der Waals surface area contributed by atoms with Gasteiger partial charge in [0.05, 0.1) is 6.54 Å². The Hall–Kier alpha value is -0.520. The van der Waals surface area contributed by atoms with Crippen molar-refractivity contribution in [3.63, 3.8) is 0 Å². The molecule has 16 heavy (non-hydrogen) atoms. The molecule has 0 saturated carbocycles. The lowest BCUT2D eigenvalue weighted by Crippen LogP contribution is -2.44. The smallest absolute Gasteiger partial charge is 0.0599 e. The number of nitrogens with zero attached hydrogens (tertiary/aromatic N) is 1. The zero-order chi connectivity index (χ0) is 11.9. The second kappa shape index (κ2) is 6.93. The second-order valence-corrected chi connectivity index (χ2v) is 5.02. The van der Waals surface area contributed by atoms with Crippen LogP contribution in [-0.4, -0.2) is 37.6 Å². The van der Waals surface area contributed by atoms with Crippen molar-refractivity contribution in [2.75, 3.05) is 32.7 Å². The van der Waals surface area contributed by atoms with Gasteiger partial charge < -0.3 is 5.32 Å². The van der Waals surface area contributed by atoms with Crippen molar-refractivity contribution in [3.05, 3.63) is 0 Å². The molecule has 92 valence electrons. The van der Waals surface area contributed by atoms with Gasteiger partial charge in [-0.05, 0) is 50.7 Å². The molecule has 2 heteroatoms. The van der Waals surface area contributed by atoms with Crippen molar-refractivity contribution < 1.29 is 0 Å². The first-order valence-corrected chi connectivity index (χ1v) is 6.63. The molecule has 1 aliphatic rings. The summed E-state index contributed by atoms with van der Waals surface area (Å²) >= 11 is 0. The summed E-state index contributed by atoms with van der Waals surface area (Å²) in [5.41, 5.74) is 0.511. The van der Waals surface area contributed by atoms with Crippen LogP contribution < -0.4 is 5.32 Å². The number of hydrogen-bond acceptors (Lipinski definition) is 2. The van der Waals surface area contributed by atoms with E-state index in [9.17, 15) is 0 Å². The SMILES string of the molecule is C#CCN(CCC)CC1(CC)CCNCC1. The Morgan fingerprint density at radius 3 is 2.50 bits per heavy atom. The van der Waals surface area contributed by atoms with E-state index in [-0.39, 0.29) is 0 Å². The molecule has 0 aromatic heterocycles. The van der Waals surface area contributed by atoms with Crippen LogP contribution in [0.1, 0.15) is 39.5 Å². The van der Waals surface area contributed by atoms with E-state index in [4.69, 9.17) is 6.42 Å². The van der Waals surface area contributed by atoms with E-state index < -0.39 is 0 Å². The van der Waals surface area contributed by atoms with Crippen molar-refractivity contribution in [3.8, 4) is 12.3 Å². The predicted molar refractivity (Wildman–Crippen MR) is 70.4 cm³/mol. The molecule has 0 aromatic rings. The molecular formula is C14H26N2. The van der Waals surface area contributed by atoms with E-state index >= 15 is 0 Å². The highest BCUT2D eigenvalue weighted by atomic mass is 15.1. The van der Waals surface area contributed by atoms with Crippen molar-refractivity contribution in [2.24, 2.45) is 5.41 Å². The van der Waals surface area contributed by atoms with Crippen LogP contribution in [0.15, 0.2) is 0 Å². The molecule has 2 nitrogen and oxygen atoms in total. The van der Waals surface area contributed by atoms with Crippen molar-refractivity contribution >= 4 is 0 Å². The maximum absolute atomic E-state index is 5.45. The third-order valence-corrected chi connectivity index (χ3v) is 3.83. The summed E-state index contributed by atoms with van der Waals surface area (Å²) in [6.07, 6.45) is 10.5. The van der Waals surface area contributed by atoms with Gasteiger partial charge in [-0.2, -0.15) is 0 Å². The van der Waals surface area contributed by atoms with Gasteiger partial charge in [0.1, 0.15) is 0 Å². The molecule has 0 spiro atoms. The topological polar surface area (TPSA) is 15.3 Å². The lowest BCUT2D eigenvalue weighted by molar-refractivity contribution is 0.115. The van der Waals surface area contributed by atoms with Crippen LogP contribution >= 0.6 is 0 Å². The molecule has 1 fully saturated rings. The first kappa shape index (κ1) is 13.5. The summed E-state index contributed by atoms with van der Waals surface area (Å²) in [4.78, 5) is 2.45. The minimum absolute atomic E-state index is 0.511. The molecule has 0 bridgehead atoms. The van der Waals surface area contributed by atoms with Crippen molar-refractivity contribution in [1.29, 1.82) is 0 Å². The molecule has 1 rings (SSSR count). The summed E-state index contributed by atoms with van der Waals surface area (Å²) in [6, 6.07) is 0. The monoisotopic (exact) mass is 222 g/mol.